The van der Waals surface area contributed by atoms with Crippen LogP contribution in [0.25, 0.3) is 0 Å². The topological polar surface area (TPSA) is 20.2 Å². The predicted octanol–water partition coefficient (Wildman–Crippen LogP) is 9.05. The second-order valence-corrected chi connectivity index (χ2v) is 13.7. The van der Waals surface area contributed by atoms with Crippen molar-refractivity contribution in [3.8, 4) is 0 Å². The lowest BCUT2D eigenvalue weighted by atomic mass is 9.77. The fourth-order valence-corrected chi connectivity index (χ4v) is 7.00. The molecule has 0 heterocycles. The molecule has 0 radical (unpaired) electrons. The first-order valence-corrected chi connectivity index (χ1v) is 14.8. The van der Waals surface area contributed by atoms with Gasteiger partial charge in [0.1, 0.15) is 0 Å². The summed E-state index contributed by atoms with van der Waals surface area (Å²) in [7, 11) is 0. The summed E-state index contributed by atoms with van der Waals surface area (Å²) in [4.78, 5) is 0. The fraction of sp³-hybridized carbons (Fsp3) is 1.00. The smallest absolute Gasteiger partial charge is 0.0571 e. The second kappa shape index (κ2) is 14.1. The Morgan fingerprint density at radius 1 is 0.833 bits per heavy atom. The summed E-state index contributed by atoms with van der Waals surface area (Å²) in [5.41, 5.74) is 0. The van der Waals surface area contributed by atoms with Gasteiger partial charge in [0.05, 0.1) is 6.10 Å². The van der Waals surface area contributed by atoms with E-state index in [0.717, 1.165) is 34.0 Å². The molecule has 2 heteroatoms. The van der Waals surface area contributed by atoms with E-state index in [1.807, 2.05) is 0 Å². The van der Waals surface area contributed by atoms with Gasteiger partial charge in [0, 0.05) is 3.92 Å². The van der Waals surface area contributed by atoms with E-state index in [1.165, 1.54) is 83.5 Å². The van der Waals surface area contributed by atoms with Gasteiger partial charge < -0.3 is 5.11 Å². The van der Waals surface area contributed by atoms with Crippen molar-refractivity contribution in [2.75, 3.05) is 0 Å². The first kappa shape index (κ1) is 26.9. The van der Waals surface area contributed by atoms with Crippen LogP contribution in [-0.4, -0.2) is 15.1 Å². The van der Waals surface area contributed by atoms with Gasteiger partial charge in [-0.15, -0.1) is 0 Å². The Hall–Kier alpha value is 0.690. The monoisotopic (exact) mass is 532 g/mol. The van der Waals surface area contributed by atoms with E-state index in [0.29, 0.717) is 17.8 Å². The first-order valence-electron chi connectivity index (χ1n) is 13.6. The van der Waals surface area contributed by atoms with Crippen LogP contribution in [0.3, 0.4) is 0 Å². The van der Waals surface area contributed by atoms with E-state index in [4.69, 9.17) is 0 Å². The van der Waals surface area contributed by atoms with Crippen LogP contribution in [0.2, 0.25) is 0 Å². The highest BCUT2D eigenvalue weighted by Gasteiger charge is 2.28. The molecule has 4 unspecified atom stereocenters. The Morgan fingerprint density at radius 2 is 1.47 bits per heavy atom. The number of rotatable bonds is 13. The average molecular weight is 533 g/mol. The van der Waals surface area contributed by atoms with Crippen molar-refractivity contribution < 1.29 is 5.11 Å². The van der Waals surface area contributed by atoms with Crippen LogP contribution in [0.15, 0.2) is 0 Å². The van der Waals surface area contributed by atoms with Gasteiger partial charge in [0.2, 0.25) is 0 Å². The highest BCUT2D eigenvalue weighted by Crippen LogP contribution is 2.36. The molecule has 0 aromatic rings. The highest BCUT2D eigenvalue weighted by molar-refractivity contribution is 14.1. The molecule has 2 aliphatic carbocycles. The van der Waals surface area contributed by atoms with Gasteiger partial charge >= 0.3 is 0 Å². The lowest BCUT2D eigenvalue weighted by Gasteiger charge is -2.32. The summed E-state index contributed by atoms with van der Waals surface area (Å²) in [6.07, 6.45) is 18.9. The minimum atomic E-state index is -0.0593. The largest absolute Gasteiger partial charge is 0.393 e. The van der Waals surface area contributed by atoms with Crippen molar-refractivity contribution in [2.24, 2.45) is 41.4 Å². The molecule has 1 N–H and O–H groups in total. The van der Waals surface area contributed by atoms with Crippen LogP contribution in [-0.2, 0) is 0 Å². The number of aliphatic hydroxyl groups is 1. The Bertz CT molecular complexity index is 442. The number of hydrogen-bond acceptors (Lipinski definition) is 1. The van der Waals surface area contributed by atoms with Gasteiger partial charge in [0.25, 0.3) is 0 Å². The first-order chi connectivity index (χ1) is 14.3. The minimum Gasteiger partial charge on any atom is -0.393 e. The molecule has 6 atom stereocenters. The van der Waals surface area contributed by atoms with E-state index < -0.39 is 0 Å². The maximum absolute atomic E-state index is 10.9. The summed E-state index contributed by atoms with van der Waals surface area (Å²) in [5.74, 6) is 5.71. The summed E-state index contributed by atoms with van der Waals surface area (Å²) in [5, 5.41) is 10.9. The van der Waals surface area contributed by atoms with Crippen molar-refractivity contribution >= 4 is 22.6 Å². The minimum absolute atomic E-state index is 0.0593. The van der Waals surface area contributed by atoms with Crippen LogP contribution in [0, 0.1) is 41.4 Å². The number of hydrogen-bond donors (Lipinski definition) is 1. The molecule has 2 rings (SSSR count). The van der Waals surface area contributed by atoms with Crippen molar-refractivity contribution in [2.45, 2.75) is 135 Å². The zero-order valence-electron chi connectivity index (χ0n) is 20.9. The third kappa shape index (κ3) is 9.67. The van der Waals surface area contributed by atoms with Gasteiger partial charge in [-0.3, -0.25) is 0 Å². The molecule has 0 aliphatic heterocycles. The molecule has 2 saturated carbocycles. The molecule has 0 aromatic carbocycles. The molecule has 1 nitrogen and oxygen atoms in total. The van der Waals surface area contributed by atoms with Crippen molar-refractivity contribution in [3.63, 3.8) is 0 Å². The number of alkyl halides is 1. The van der Waals surface area contributed by atoms with Crippen molar-refractivity contribution in [1.82, 2.24) is 0 Å². The third-order valence-corrected chi connectivity index (χ3v) is 10.3. The van der Waals surface area contributed by atoms with Crippen LogP contribution in [0.4, 0.5) is 0 Å². The van der Waals surface area contributed by atoms with E-state index in [-0.39, 0.29) is 6.10 Å². The van der Waals surface area contributed by atoms with Gasteiger partial charge in [-0.05, 0) is 80.0 Å². The van der Waals surface area contributed by atoms with Gasteiger partial charge in [-0.1, -0.05) is 109 Å². The number of halogens is 1. The predicted molar refractivity (Wildman–Crippen MR) is 141 cm³/mol. The summed E-state index contributed by atoms with van der Waals surface area (Å²) in [6.45, 7) is 12.2. The molecule has 178 valence electrons. The molecular weight excluding hydrogens is 479 g/mol. The molecule has 0 bridgehead atoms. The highest BCUT2D eigenvalue weighted by atomic mass is 127. The SMILES string of the molecule is CC1CCC(CCCC(C)[C@H](C)CCC[C@@H](CC(O)C2CCC(I)CC2)C(C)C)C1. The summed E-state index contributed by atoms with van der Waals surface area (Å²) >= 11 is 2.59. The van der Waals surface area contributed by atoms with Gasteiger partial charge in [-0.25, -0.2) is 0 Å². The molecule has 0 aromatic heterocycles. The molecule has 0 amide bonds. The quantitative estimate of drug-likeness (QED) is 0.185. The zero-order valence-corrected chi connectivity index (χ0v) is 23.1. The summed E-state index contributed by atoms with van der Waals surface area (Å²) in [6, 6.07) is 0. The maximum atomic E-state index is 10.9. The lowest BCUT2D eigenvalue weighted by Crippen LogP contribution is -2.29. The zero-order chi connectivity index (χ0) is 22.1. The van der Waals surface area contributed by atoms with E-state index in [9.17, 15) is 5.11 Å². The van der Waals surface area contributed by atoms with E-state index in [1.54, 1.807) is 0 Å². The van der Waals surface area contributed by atoms with Gasteiger partial charge in [0.15, 0.2) is 0 Å². The number of aliphatic hydroxyl groups excluding tert-OH is 1. The molecular formula is C28H53IO. The van der Waals surface area contributed by atoms with Crippen molar-refractivity contribution in [1.29, 1.82) is 0 Å². The van der Waals surface area contributed by atoms with E-state index >= 15 is 0 Å². The van der Waals surface area contributed by atoms with Crippen molar-refractivity contribution in [3.05, 3.63) is 0 Å². The fourth-order valence-electron chi connectivity index (χ4n) is 6.28. The van der Waals surface area contributed by atoms with Crippen LogP contribution < -0.4 is 0 Å². The van der Waals surface area contributed by atoms with Gasteiger partial charge in [-0.2, -0.15) is 0 Å². The molecule has 0 saturated heterocycles. The molecule has 30 heavy (non-hydrogen) atoms. The van der Waals surface area contributed by atoms with E-state index in [2.05, 4.69) is 57.2 Å². The standard InChI is InChI=1S/C28H53IO/c1-20(2)26(19-28(30)25-14-16-27(29)17-15-25)11-7-9-23(5)22(4)8-6-10-24-13-12-21(3)18-24/h20-28,30H,6-19H2,1-5H3/t21?,22?,23-,24?,25?,26+,27?,28?/m1/s1. The second-order valence-electron chi connectivity index (χ2n) is 11.9. The maximum Gasteiger partial charge on any atom is 0.0571 e. The normalized spacial score (nSPS) is 31.6. The van der Waals surface area contributed by atoms with Crippen LogP contribution in [0.1, 0.15) is 125 Å². The Morgan fingerprint density at radius 3 is 2.03 bits per heavy atom. The Kier molecular flexibility index (Phi) is 12.6. The average Bonchev–Trinajstić information content (AvgIpc) is 3.12. The molecule has 2 aliphatic rings. The lowest BCUT2D eigenvalue weighted by molar-refractivity contribution is 0.0537. The van der Waals surface area contributed by atoms with Crippen LogP contribution in [0.5, 0.6) is 0 Å². The summed E-state index contributed by atoms with van der Waals surface area (Å²) < 4.78 is 0.845. The Balaban J connectivity index is 1.62. The third-order valence-electron chi connectivity index (χ3n) is 9.01. The molecule has 0 spiro atoms. The Labute approximate surface area is 203 Å². The molecule has 2 fully saturated rings. The van der Waals surface area contributed by atoms with Crippen LogP contribution >= 0.6 is 22.6 Å².